The van der Waals surface area contributed by atoms with E-state index in [1.165, 1.54) is 6.07 Å². The SMILES string of the molecule is NC(=O)c1c(F)c(F)c(F)c(F)c1Nc1ccc(I)cc1F. The Balaban J connectivity index is 2.66. The van der Waals surface area contributed by atoms with Crippen LogP contribution >= 0.6 is 22.6 Å². The minimum atomic E-state index is -2.18. The van der Waals surface area contributed by atoms with E-state index in [2.05, 4.69) is 0 Å². The summed E-state index contributed by atoms with van der Waals surface area (Å²) in [6, 6.07) is 3.63. The molecule has 0 bridgehead atoms. The van der Waals surface area contributed by atoms with Crippen molar-refractivity contribution >= 4 is 39.9 Å². The van der Waals surface area contributed by atoms with Crippen molar-refractivity contribution in [3.63, 3.8) is 0 Å². The van der Waals surface area contributed by atoms with E-state index in [-0.39, 0.29) is 5.69 Å². The Kier molecular flexibility index (Phi) is 4.54. The first kappa shape index (κ1) is 16.5. The Bertz CT molecular complexity index is 782. The van der Waals surface area contributed by atoms with Crippen molar-refractivity contribution < 1.29 is 26.7 Å². The predicted molar refractivity (Wildman–Crippen MR) is 77.2 cm³/mol. The molecule has 0 radical (unpaired) electrons. The summed E-state index contributed by atoms with van der Waals surface area (Å²) < 4.78 is 68.1. The van der Waals surface area contributed by atoms with E-state index in [0.29, 0.717) is 3.57 Å². The first-order chi connectivity index (χ1) is 10.2. The van der Waals surface area contributed by atoms with E-state index in [9.17, 15) is 26.7 Å². The standard InChI is InChI=1S/C13H6F5IN2O/c14-5-3-4(19)1-2-6(5)21-12-7(13(20)22)8(15)9(16)10(17)11(12)18/h1-3,21H,(H2,20,22). The van der Waals surface area contributed by atoms with Gasteiger partial charge in [-0.1, -0.05) is 0 Å². The number of hydrogen-bond acceptors (Lipinski definition) is 2. The Labute approximate surface area is 134 Å². The highest BCUT2D eigenvalue weighted by atomic mass is 127. The van der Waals surface area contributed by atoms with Crippen molar-refractivity contribution in [1.82, 2.24) is 0 Å². The molecule has 3 N–H and O–H groups in total. The summed E-state index contributed by atoms with van der Waals surface area (Å²) in [6.45, 7) is 0. The molecule has 0 fully saturated rings. The number of nitrogens with two attached hydrogens (primary N) is 1. The lowest BCUT2D eigenvalue weighted by Crippen LogP contribution is -2.19. The summed E-state index contributed by atoms with van der Waals surface area (Å²) in [7, 11) is 0. The smallest absolute Gasteiger partial charge is 0.254 e. The van der Waals surface area contributed by atoms with E-state index in [4.69, 9.17) is 5.73 Å². The fraction of sp³-hybridized carbons (Fsp3) is 0. The number of nitrogens with one attached hydrogen (secondary N) is 1. The van der Waals surface area contributed by atoms with Crippen molar-refractivity contribution in [3.05, 3.63) is 56.4 Å². The lowest BCUT2D eigenvalue weighted by Gasteiger charge is -2.14. The summed E-state index contributed by atoms with van der Waals surface area (Å²) >= 11 is 1.81. The lowest BCUT2D eigenvalue weighted by molar-refractivity contribution is 0.0995. The highest BCUT2D eigenvalue weighted by Gasteiger charge is 2.28. The highest BCUT2D eigenvalue weighted by Crippen LogP contribution is 2.31. The Morgan fingerprint density at radius 3 is 2.14 bits per heavy atom. The lowest BCUT2D eigenvalue weighted by atomic mass is 10.1. The normalized spacial score (nSPS) is 10.6. The molecule has 2 aromatic rings. The Morgan fingerprint density at radius 1 is 1.00 bits per heavy atom. The van der Waals surface area contributed by atoms with Gasteiger partial charge in [-0.05, 0) is 40.8 Å². The molecule has 116 valence electrons. The predicted octanol–water partition coefficient (Wildman–Crippen LogP) is 3.83. The largest absolute Gasteiger partial charge is 0.365 e. The van der Waals surface area contributed by atoms with Crippen LogP contribution in [-0.2, 0) is 0 Å². The van der Waals surface area contributed by atoms with E-state index in [1.807, 2.05) is 5.32 Å². The zero-order chi connectivity index (χ0) is 16.6. The van der Waals surface area contributed by atoms with E-state index >= 15 is 0 Å². The third-order valence-corrected chi connectivity index (χ3v) is 3.38. The van der Waals surface area contributed by atoms with Crippen molar-refractivity contribution in [2.75, 3.05) is 5.32 Å². The Morgan fingerprint density at radius 2 is 1.59 bits per heavy atom. The molecule has 2 aromatic carbocycles. The number of hydrogen-bond donors (Lipinski definition) is 2. The summed E-state index contributed by atoms with van der Waals surface area (Å²) in [5.41, 5.74) is 2.16. The second kappa shape index (κ2) is 6.07. The molecule has 9 heteroatoms. The van der Waals surface area contributed by atoms with Crippen LogP contribution in [-0.4, -0.2) is 5.91 Å². The van der Waals surface area contributed by atoms with Gasteiger partial charge >= 0.3 is 0 Å². The molecule has 3 nitrogen and oxygen atoms in total. The quantitative estimate of drug-likeness (QED) is 0.338. The average molecular weight is 428 g/mol. The van der Waals surface area contributed by atoms with Crippen LogP contribution in [0, 0.1) is 32.7 Å². The van der Waals surface area contributed by atoms with Crippen LogP contribution in [0.25, 0.3) is 0 Å². The van der Waals surface area contributed by atoms with Crippen LogP contribution in [0.1, 0.15) is 10.4 Å². The molecule has 22 heavy (non-hydrogen) atoms. The van der Waals surface area contributed by atoms with Crippen LogP contribution in [0.2, 0.25) is 0 Å². The zero-order valence-corrected chi connectivity index (χ0v) is 12.6. The summed E-state index contributed by atoms with van der Waals surface area (Å²) in [4.78, 5) is 11.2. The van der Waals surface area contributed by atoms with Crippen molar-refractivity contribution in [1.29, 1.82) is 0 Å². The second-order valence-electron chi connectivity index (χ2n) is 4.12. The molecular formula is C13H6F5IN2O. The van der Waals surface area contributed by atoms with Gasteiger partial charge in [-0.2, -0.15) is 0 Å². The third kappa shape index (κ3) is 2.85. The monoisotopic (exact) mass is 428 g/mol. The molecule has 0 aliphatic rings. The van der Waals surface area contributed by atoms with Crippen LogP contribution < -0.4 is 11.1 Å². The molecule has 0 heterocycles. The molecular weight excluding hydrogens is 422 g/mol. The molecule has 0 saturated carbocycles. The van der Waals surface area contributed by atoms with Crippen LogP contribution in [0.4, 0.5) is 33.3 Å². The number of amides is 1. The minimum absolute atomic E-state index is 0.368. The number of benzene rings is 2. The molecule has 0 saturated heterocycles. The number of carbonyl (C=O) groups excluding carboxylic acids is 1. The van der Waals surface area contributed by atoms with Crippen molar-refractivity contribution in [2.24, 2.45) is 5.73 Å². The zero-order valence-electron chi connectivity index (χ0n) is 10.5. The van der Waals surface area contributed by atoms with Gasteiger partial charge in [-0.3, -0.25) is 4.79 Å². The van der Waals surface area contributed by atoms with Gasteiger partial charge in [0.25, 0.3) is 5.91 Å². The molecule has 0 spiro atoms. The fourth-order valence-electron chi connectivity index (χ4n) is 1.71. The topological polar surface area (TPSA) is 55.1 Å². The van der Waals surface area contributed by atoms with Gasteiger partial charge < -0.3 is 11.1 Å². The van der Waals surface area contributed by atoms with Gasteiger partial charge in [0.2, 0.25) is 0 Å². The van der Waals surface area contributed by atoms with E-state index < -0.39 is 46.2 Å². The van der Waals surface area contributed by atoms with Gasteiger partial charge in [0.05, 0.1) is 11.4 Å². The summed E-state index contributed by atoms with van der Waals surface area (Å²) in [5.74, 6) is -10.6. The van der Waals surface area contributed by atoms with Crippen LogP contribution in [0.5, 0.6) is 0 Å². The molecule has 1 amide bonds. The number of halogens is 6. The molecule has 0 aromatic heterocycles. The first-order valence-corrected chi connectivity index (χ1v) is 6.69. The molecule has 0 aliphatic heterocycles. The maximum Gasteiger partial charge on any atom is 0.254 e. The van der Waals surface area contributed by atoms with E-state index in [0.717, 1.165) is 12.1 Å². The molecule has 2 rings (SSSR count). The fourth-order valence-corrected chi connectivity index (χ4v) is 2.16. The van der Waals surface area contributed by atoms with Gasteiger partial charge in [0, 0.05) is 3.57 Å². The van der Waals surface area contributed by atoms with Gasteiger partial charge in [-0.25, -0.2) is 22.0 Å². The molecule has 0 aliphatic carbocycles. The van der Waals surface area contributed by atoms with Crippen molar-refractivity contribution in [2.45, 2.75) is 0 Å². The number of anilines is 2. The molecule has 0 atom stereocenters. The second-order valence-corrected chi connectivity index (χ2v) is 5.36. The minimum Gasteiger partial charge on any atom is -0.365 e. The number of carbonyl (C=O) groups is 1. The van der Waals surface area contributed by atoms with Crippen LogP contribution in [0.3, 0.4) is 0 Å². The van der Waals surface area contributed by atoms with E-state index in [1.54, 1.807) is 22.6 Å². The van der Waals surface area contributed by atoms with Gasteiger partial charge in [0.1, 0.15) is 11.4 Å². The Hall–Kier alpha value is -1.91. The van der Waals surface area contributed by atoms with Gasteiger partial charge in [0.15, 0.2) is 23.3 Å². The van der Waals surface area contributed by atoms with Gasteiger partial charge in [-0.15, -0.1) is 0 Å². The van der Waals surface area contributed by atoms with Crippen molar-refractivity contribution in [3.8, 4) is 0 Å². The van der Waals surface area contributed by atoms with Crippen LogP contribution in [0.15, 0.2) is 18.2 Å². The summed E-state index contributed by atoms with van der Waals surface area (Å²) in [6.07, 6.45) is 0. The average Bonchev–Trinajstić information content (AvgIpc) is 2.44. The first-order valence-electron chi connectivity index (χ1n) is 5.61. The number of rotatable bonds is 3. The molecule has 0 unspecified atom stereocenters. The highest BCUT2D eigenvalue weighted by molar-refractivity contribution is 14.1. The number of primary amides is 1. The maximum absolute atomic E-state index is 13.8. The third-order valence-electron chi connectivity index (χ3n) is 2.70. The summed E-state index contributed by atoms with van der Waals surface area (Å²) in [5, 5.41) is 2.03. The maximum atomic E-state index is 13.8.